The van der Waals surface area contributed by atoms with Crippen LogP contribution in [0.3, 0.4) is 0 Å². The molecule has 0 saturated carbocycles. The quantitative estimate of drug-likeness (QED) is 0.727. The number of halogens is 1. The van der Waals surface area contributed by atoms with Crippen LogP contribution in [-0.4, -0.2) is 9.97 Å². The van der Waals surface area contributed by atoms with Crippen LogP contribution in [0.4, 0.5) is 0 Å². The molecule has 1 aromatic rings. The molecule has 1 rings (SSSR count). The molecule has 0 spiro atoms. The second-order valence-electron chi connectivity index (χ2n) is 1.82. The van der Waals surface area contributed by atoms with Crippen molar-refractivity contribution in [2.75, 3.05) is 0 Å². The van der Waals surface area contributed by atoms with E-state index in [-0.39, 0.29) is 5.56 Å². The molecule has 0 unspecified atom stereocenters. The molecule has 4 nitrogen and oxygen atoms in total. The first-order valence-corrected chi connectivity index (χ1v) is 4.07. The number of aromatic amines is 2. The molecule has 0 atom stereocenters. The van der Waals surface area contributed by atoms with Gasteiger partial charge in [-0.05, 0) is 10.2 Å². The Bertz CT molecular complexity index is 377. The van der Waals surface area contributed by atoms with Crippen molar-refractivity contribution in [3.05, 3.63) is 36.7 Å². The van der Waals surface area contributed by atoms with Crippen molar-refractivity contribution >= 4 is 28.7 Å². The lowest BCUT2D eigenvalue weighted by Gasteiger charge is -1.87. The zero-order valence-corrected chi connectivity index (χ0v) is 7.58. The minimum Gasteiger partial charge on any atom is -0.314 e. The highest BCUT2D eigenvalue weighted by atomic mass is 131. The fraction of sp³-hybridized carbons (Fsp3) is 0. The van der Waals surface area contributed by atoms with Gasteiger partial charge in [0.25, 0.3) is 5.56 Å². The van der Waals surface area contributed by atoms with E-state index < -0.39 is 5.69 Å². The van der Waals surface area contributed by atoms with Gasteiger partial charge in [-0.3, -0.25) is 9.78 Å². The van der Waals surface area contributed by atoms with Crippen LogP contribution in [0, 0.1) is 0 Å². The monoisotopic (exact) mass is 268 g/mol. The Morgan fingerprint density at radius 3 is 2.73 bits per heavy atom. The van der Waals surface area contributed by atoms with Gasteiger partial charge in [0.05, 0.1) is 5.56 Å². The lowest BCUT2D eigenvalue weighted by Crippen LogP contribution is -2.22. The van der Waals surface area contributed by atoms with Gasteiger partial charge in [-0.1, -0.05) is 22.6 Å². The Morgan fingerprint density at radius 2 is 2.18 bits per heavy atom. The first-order valence-electron chi connectivity index (χ1n) is 2.83. The molecule has 1 aromatic heterocycles. The van der Waals surface area contributed by atoms with E-state index in [0.29, 0.717) is 5.56 Å². The minimum atomic E-state index is -0.486. The van der Waals surface area contributed by atoms with Crippen LogP contribution in [0.15, 0.2) is 19.9 Å². The highest BCUT2D eigenvalue weighted by Crippen LogP contribution is 1.92. The number of nitrogens with one attached hydrogen (secondary N) is 2. The molecule has 1 heterocycles. The summed E-state index contributed by atoms with van der Waals surface area (Å²) in [7, 11) is 0. The summed E-state index contributed by atoms with van der Waals surface area (Å²) < 4.78 is 1.70. The van der Waals surface area contributed by atoms with Gasteiger partial charge in [0, 0.05) is 6.20 Å². The Kier molecular flexibility index (Phi) is 2.64. The SMILES string of the molecule is O=c1[nH]cc(C=C[131I])c(=O)[nH]1. The van der Waals surface area contributed by atoms with Gasteiger partial charge in [-0.15, -0.1) is 0 Å². The van der Waals surface area contributed by atoms with Gasteiger partial charge in [-0.2, -0.15) is 0 Å². The maximum atomic E-state index is 10.9. The molecule has 0 fully saturated rings. The Hall–Kier alpha value is -0.850. The van der Waals surface area contributed by atoms with Crippen molar-refractivity contribution in [1.29, 1.82) is 0 Å². The molecule has 0 bridgehead atoms. The summed E-state index contributed by atoms with van der Waals surface area (Å²) in [6.07, 6.45) is 2.98. The van der Waals surface area contributed by atoms with Gasteiger partial charge in [0.1, 0.15) is 0 Å². The third-order valence-electron chi connectivity index (χ3n) is 1.09. The van der Waals surface area contributed by atoms with Crippen LogP contribution < -0.4 is 11.2 Å². The molecule has 0 saturated heterocycles. The Morgan fingerprint density at radius 1 is 1.45 bits per heavy atom. The summed E-state index contributed by atoms with van der Waals surface area (Å²) >= 11 is 1.99. The lowest BCUT2D eigenvalue weighted by atomic mass is 10.3. The van der Waals surface area contributed by atoms with Gasteiger partial charge < -0.3 is 4.98 Å². The summed E-state index contributed by atoms with van der Waals surface area (Å²) in [5.41, 5.74) is -0.415. The van der Waals surface area contributed by atoms with Crippen molar-refractivity contribution in [3.8, 4) is 0 Å². The standard InChI is InChI=1S/C6H5IN2O2/c7-2-1-4-3-8-6(11)9-5(4)10/h1-3H,(H2,8,9,10,11)/i7+4. The summed E-state index contributed by atoms with van der Waals surface area (Å²) in [5.74, 6) is 0. The first-order chi connectivity index (χ1) is 5.24. The summed E-state index contributed by atoms with van der Waals surface area (Å²) in [5, 5.41) is 0. The average molecular weight is 268 g/mol. The molecule has 0 aliphatic carbocycles. The van der Waals surface area contributed by atoms with Crippen molar-refractivity contribution in [3.63, 3.8) is 0 Å². The average Bonchev–Trinajstić information content (AvgIpc) is 1.95. The van der Waals surface area contributed by atoms with Crippen LogP contribution in [0.5, 0.6) is 0 Å². The van der Waals surface area contributed by atoms with Crippen LogP contribution >= 0.6 is 22.6 Å². The predicted molar refractivity (Wildman–Crippen MR) is 50.7 cm³/mol. The number of hydrogen-bond donors (Lipinski definition) is 2. The van der Waals surface area contributed by atoms with E-state index in [1.807, 2.05) is 22.6 Å². The Balaban J connectivity index is 3.31. The second-order valence-corrected chi connectivity index (χ2v) is 2.54. The van der Waals surface area contributed by atoms with E-state index in [4.69, 9.17) is 0 Å². The van der Waals surface area contributed by atoms with Crippen molar-refractivity contribution in [2.24, 2.45) is 0 Å². The van der Waals surface area contributed by atoms with Gasteiger partial charge in [0.15, 0.2) is 0 Å². The minimum absolute atomic E-state index is 0.373. The van der Waals surface area contributed by atoms with E-state index in [2.05, 4.69) is 9.97 Å². The zero-order valence-electron chi connectivity index (χ0n) is 5.43. The summed E-state index contributed by atoms with van der Waals surface area (Å²) in [6.45, 7) is 0. The van der Waals surface area contributed by atoms with E-state index >= 15 is 0 Å². The number of aromatic nitrogens is 2. The molecule has 0 aromatic carbocycles. The molecule has 58 valence electrons. The molecular formula is C6H5IN2O2. The number of hydrogen-bond acceptors (Lipinski definition) is 2. The van der Waals surface area contributed by atoms with Crippen LogP contribution in [0.2, 0.25) is 0 Å². The van der Waals surface area contributed by atoms with E-state index in [1.165, 1.54) is 6.20 Å². The normalized spacial score (nSPS) is 10.6. The smallest absolute Gasteiger partial charge is 0.314 e. The lowest BCUT2D eigenvalue weighted by molar-refractivity contribution is 1.03. The molecule has 0 aliphatic heterocycles. The van der Waals surface area contributed by atoms with E-state index in [0.717, 1.165) is 0 Å². The van der Waals surface area contributed by atoms with E-state index in [1.54, 1.807) is 10.2 Å². The molecule has 11 heavy (non-hydrogen) atoms. The van der Waals surface area contributed by atoms with E-state index in [9.17, 15) is 9.59 Å². The Labute approximate surface area is 75.5 Å². The maximum absolute atomic E-state index is 10.9. The zero-order chi connectivity index (χ0) is 8.27. The fourth-order valence-corrected chi connectivity index (χ4v) is 0.999. The van der Waals surface area contributed by atoms with Crippen LogP contribution in [0.1, 0.15) is 5.56 Å². The predicted octanol–water partition coefficient (Wildman–Crippen LogP) is 0.469. The number of rotatable bonds is 1. The van der Waals surface area contributed by atoms with Crippen molar-refractivity contribution < 1.29 is 0 Å². The molecule has 0 radical (unpaired) electrons. The third kappa shape index (κ3) is 2.04. The number of H-pyrrole nitrogens is 2. The molecular weight excluding hydrogens is 263 g/mol. The highest BCUT2D eigenvalue weighted by Gasteiger charge is 1.92. The molecule has 2 N–H and O–H groups in total. The largest absolute Gasteiger partial charge is 0.325 e. The molecule has 0 amide bonds. The first kappa shape index (κ1) is 8.25. The molecule has 0 aliphatic rings. The topological polar surface area (TPSA) is 65.7 Å². The fourth-order valence-electron chi connectivity index (χ4n) is 0.612. The van der Waals surface area contributed by atoms with Gasteiger partial charge in [0.2, 0.25) is 0 Å². The van der Waals surface area contributed by atoms with Gasteiger partial charge in [-0.25, -0.2) is 4.79 Å². The van der Waals surface area contributed by atoms with Gasteiger partial charge >= 0.3 is 5.69 Å². The second kappa shape index (κ2) is 3.51. The highest BCUT2D eigenvalue weighted by molar-refractivity contribution is 14.1. The summed E-state index contributed by atoms with van der Waals surface area (Å²) in [4.78, 5) is 25.9. The molecule has 5 heteroatoms. The van der Waals surface area contributed by atoms with Crippen molar-refractivity contribution in [1.82, 2.24) is 9.97 Å². The van der Waals surface area contributed by atoms with Crippen LogP contribution in [0.25, 0.3) is 6.08 Å². The maximum Gasteiger partial charge on any atom is 0.325 e. The third-order valence-corrected chi connectivity index (χ3v) is 1.45. The summed E-state index contributed by atoms with van der Waals surface area (Å²) in [6, 6.07) is 0. The van der Waals surface area contributed by atoms with Crippen molar-refractivity contribution in [2.45, 2.75) is 0 Å². The van der Waals surface area contributed by atoms with Crippen LogP contribution in [-0.2, 0) is 0 Å².